The van der Waals surface area contributed by atoms with Gasteiger partial charge in [-0.15, -0.1) is 0 Å². The van der Waals surface area contributed by atoms with Crippen LogP contribution in [0.15, 0.2) is 0 Å². The third-order valence-electron chi connectivity index (χ3n) is 4.79. The molecular weight excluding hydrogens is 479 g/mol. The molecule has 0 aliphatic carbocycles. The largest absolute Gasteiger partial charge is 0.500 e. The first-order valence-electron chi connectivity index (χ1n) is 12.8. The van der Waals surface area contributed by atoms with Crippen molar-refractivity contribution in [1.82, 2.24) is 10.4 Å². The van der Waals surface area contributed by atoms with Gasteiger partial charge in [-0.1, -0.05) is 52.4 Å². The molecule has 0 saturated heterocycles. The fourth-order valence-electron chi connectivity index (χ4n) is 3.20. The molecule has 0 aromatic heterocycles. The molecule has 0 spiro atoms. The van der Waals surface area contributed by atoms with Gasteiger partial charge < -0.3 is 18.6 Å². The molecule has 0 aliphatic rings. The van der Waals surface area contributed by atoms with E-state index in [4.69, 9.17) is 34.5 Å². The van der Waals surface area contributed by atoms with E-state index in [1.807, 2.05) is 20.8 Å². The number of hydrogen-bond acceptors (Lipinski definition) is 7. The van der Waals surface area contributed by atoms with Gasteiger partial charge in [-0.05, 0) is 52.3 Å². The van der Waals surface area contributed by atoms with Gasteiger partial charge in [0.25, 0.3) is 0 Å². The Hall–Kier alpha value is -0.0631. The first-order chi connectivity index (χ1) is 15.9. The molecule has 0 aromatic rings. The van der Waals surface area contributed by atoms with Crippen molar-refractivity contribution in [2.45, 2.75) is 98.5 Å². The summed E-state index contributed by atoms with van der Waals surface area (Å²) < 4.78 is 42.1. The van der Waals surface area contributed by atoms with Gasteiger partial charge in [-0.25, -0.2) is 4.57 Å². The average molecular weight is 529 g/mol. The topological polar surface area (TPSA) is 87.3 Å². The van der Waals surface area contributed by atoms with Crippen molar-refractivity contribution in [1.29, 1.82) is 0 Å². The van der Waals surface area contributed by atoms with E-state index in [1.165, 1.54) is 0 Å². The molecule has 0 heterocycles. The van der Waals surface area contributed by atoms with Gasteiger partial charge in [0.1, 0.15) is 0 Å². The van der Waals surface area contributed by atoms with E-state index in [1.54, 1.807) is 0 Å². The lowest BCUT2D eigenvalue weighted by Gasteiger charge is -2.28. The highest BCUT2D eigenvalue weighted by molar-refractivity contribution is 7.81. The van der Waals surface area contributed by atoms with Gasteiger partial charge in [0.2, 0.25) is 0 Å². The van der Waals surface area contributed by atoms with Crippen LogP contribution in [0.1, 0.15) is 92.4 Å². The molecular formula is C22H49N2O6PSSi. The van der Waals surface area contributed by atoms with E-state index < -0.39 is 16.6 Å². The molecule has 0 aliphatic heterocycles. The van der Waals surface area contributed by atoms with E-state index >= 15 is 0 Å². The number of unbranched alkanes of at least 4 members (excludes halogenated alkanes) is 6. The fraction of sp³-hybridized carbons (Fsp3) is 0.955. The highest BCUT2D eigenvalue weighted by Crippen LogP contribution is 2.44. The third kappa shape index (κ3) is 17.1. The molecule has 11 heteroatoms. The molecule has 0 atom stereocenters. The molecule has 0 aromatic carbocycles. The Balaban J connectivity index is 4.64. The van der Waals surface area contributed by atoms with E-state index in [0.717, 1.165) is 57.8 Å². The van der Waals surface area contributed by atoms with Crippen LogP contribution in [0.2, 0.25) is 6.04 Å². The SMILES string of the molecule is CCCCCCOP(=O)(NC(=S)NCCC[Si](OCC)(OCC)OCC)OCCCCCC. The maximum Gasteiger partial charge on any atom is 0.500 e. The van der Waals surface area contributed by atoms with Crippen LogP contribution in [0, 0.1) is 0 Å². The van der Waals surface area contributed by atoms with Gasteiger partial charge >= 0.3 is 16.6 Å². The van der Waals surface area contributed by atoms with Gasteiger partial charge in [0.15, 0.2) is 5.11 Å². The second-order valence-corrected chi connectivity index (χ2v) is 12.6. The zero-order chi connectivity index (χ0) is 24.8. The smallest absolute Gasteiger partial charge is 0.374 e. The summed E-state index contributed by atoms with van der Waals surface area (Å²) in [6.45, 7) is 13.1. The van der Waals surface area contributed by atoms with Gasteiger partial charge in [0.05, 0.1) is 13.2 Å². The Morgan fingerprint density at radius 2 is 1.24 bits per heavy atom. The minimum absolute atomic E-state index is 0.261. The predicted molar refractivity (Wildman–Crippen MR) is 142 cm³/mol. The van der Waals surface area contributed by atoms with Crippen LogP contribution in [-0.2, 0) is 26.9 Å². The fourth-order valence-corrected chi connectivity index (χ4v) is 7.52. The van der Waals surface area contributed by atoms with Crippen LogP contribution < -0.4 is 10.4 Å². The second kappa shape index (κ2) is 21.2. The summed E-state index contributed by atoms with van der Waals surface area (Å²) in [7, 11) is -6.18. The molecule has 0 radical (unpaired) electrons. The lowest BCUT2D eigenvalue weighted by molar-refractivity contribution is 0.0709. The highest BCUT2D eigenvalue weighted by Gasteiger charge is 2.39. The first-order valence-corrected chi connectivity index (χ1v) is 16.7. The monoisotopic (exact) mass is 528 g/mol. The number of nitrogens with one attached hydrogen (secondary N) is 2. The Bertz CT molecular complexity index is 498. The van der Waals surface area contributed by atoms with Crippen molar-refractivity contribution in [3.63, 3.8) is 0 Å². The average Bonchev–Trinajstić information content (AvgIpc) is 2.77. The lowest BCUT2D eigenvalue weighted by atomic mass is 10.2. The number of hydrogen-bond donors (Lipinski definition) is 2. The van der Waals surface area contributed by atoms with Gasteiger partial charge in [-0.3, -0.25) is 14.1 Å². The van der Waals surface area contributed by atoms with Crippen molar-refractivity contribution < 1.29 is 26.9 Å². The zero-order valence-electron chi connectivity index (χ0n) is 21.6. The van der Waals surface area contributed by atoms with Crippen molar-refractivity contribution in [2.24, 2.45) is 0 Å². The maximum atomic E-state index is 13.2. The molecule has 0 amide bonds. The van der Waals surface area contributed by atoms with Crippen LogP contribution in [0.3, 0.4) is 0 Å². The molecule has 8 nitrogen and oxygen atoms in total. The van der Waals surface area contributed by atoms with E-state index in [-0.39, 0.29) is 5.11 Å². The van der Waals surface area contributed by atoms with E-state index in [9.17, 15) is 4.57 Å². The Morgan fingerprint density at radius 3 is 1.67 bits per heavy atom. The quantitative estimate of drug-likeness (QED) is 0.0697. The van der Waals surface area contributed by atoms with Crippen LogP contribution in [0.5, 0.6) is 0 Å². The van der Waals surface area contributed by atoms with Crippen LogP contribution in [-0.4, -0.2) is 53.5 Å². The Morgan fingerprint density at radius 1 is 0.758 bits per heavy atom. The molecule has 0 saturated carbocycles. The van der Waals surface area contributed by atoms with E-state index in [2.05, 4.69) is 24.3 Å². The van der Waals surface area contributed by atoms with Gasteiger partial charge in [-0.2, -0.15) is 0 Å². The summed E-state index contributed by atoms with van der Waals surface area (Å²) >= 11 is 5.37. The molecule has 0 rings (SSSR count). The van der Waals surface area contributed by atoms with Gasteiger partial charge in [0, 0.05) is 32.4 Å². The highest BCUT2D eigenvalue weighted by atomic mass is 32.1. The minimum Gasteiger partial charge on any atom is -0.374 e. The Kier molecular flexibility index (Phi) is 21.2. The standard InChI is InChI=1S/C22H49N2O6PSSi/c1-6-11-13-15-19-26-31(25,27-20-16-14-12-7-2)24-22(32)23-18-17-21-33(28-8-3,29-9-4)30-10-5/h6-21H2,1-5H3,(H2,23,24,25,32). The summed E-state index contributed by atoms with van der Waals surface area (Å²) in [6.07, 6.45) is 9.06. The van der Waals surface area contributed by atoms with Crippen LogP contribution in [0.25, 0.3) is 0 Å². The maximum absolute atomic E-state index is 13.2. The minimum atomic E-state index is -3.50. The first kappa shape index (κ1) is 32.9. The van der Waals surface area contributed by atoms with Crippen LogP contribution in [0.4, 0.5) is 0 Å². The van der Waals surface area contributed by atoms with Crippen molar-refractivity contribution in [3.05, 3.63) is 0 Å². The van der Waals surface area contributed by atoms with Crippen molar-refractivity contribution in [3.8, 4) is 0 Å². The van der Waals surface area contributed by atoms with Crippen LogP contribution >= 0.6 is 20.0 Å². The third-order valence-corrected chi connectivity index (χ3v) is 9.89. The second-order valence-electron chi connectivity index (χ2n) is 7.74. The zero-order valence-corrected chi connectivity index (χ0v) is 24.3. The summed E-state index contributed by atoms with van der Waals surface area (Å²) in [4.78, 5) is 0. The Labute approximate surface area is 209 Å². The van der Waals surface area contributed by atoms with Crippen molar-refractivity contribution in [2.75, 3.05) is 39.6 Å². The van der Waals surface area contributed by atoms with Crippen molar-refractivity contribution >= 4 is 33.9 Å². The molecule has 0 bridgehead atoms. The number of rotatable bonds is 23. The molecule has 0 unspecified atom stereocenters. The molecule has 2 N–H and O–H groups in total. The normalized spacial score (nSPS) is 12.2. The lowest BCUT2D eigenvalue weighted by Crippen LogP contribution is -2.46. The number of thiocarbonyl (C=S) groups is 1. The summed E-state index contributed by atoms with van der Waals surface area (Å²) in [5.41, 5.74) is 0. The molecule has 198 valence electrons. The summed E-state index contributed by atoms with van der Waals surface area (Å²) in [5.74, 6) is 0. The summed E-state index contributed by atoms with van der Waals surface area (Å²) in [6, 6.07) is 0.678. The van der Waals surface area contributed by atoms with E-state index in [0.29, 0.717) is 45.6 Å². The predicted octanol–water partition coefficient (Wildman–Crippen LogP) is 6.19. The molecule has 33 heavy (non-hydrogen) atoms. The summed E-state index contributed by atoms with van der Waals surface area (Å²) in [5, 5.41) is 6.16. The molecule has 0 fully saturated rings.